The molecule has 1 atom stereocenters. The molecule has 0 saturated carbocycles. The Kier molecular flexibility index (Phi) is 6.81. The smallest absolute Gasteiger partial charge is 0.0770 e. The molecule has 0 aliphatic carbocycles. The van der Waals surface area contributed by atoms with Gasteiger partial charge in [0, 0.05) is 6.54 Å². The standard InChI is InChI=1S/C12H25N5/c1-3-5-6-7-8-11(15-13)12-10-14-16-17(12)9-4-2/h10-11,15H,3-9,13H2,1-2H3. The Morgan fingerprint density at radius 3 is 2.76 bits per heavy atom. The van der Waals surface area contributed by atoms with Crippen LogP contribution in [-0.4, -0.2) is 15.0 Å². The molecule has 0 radical (unpaired) electrons. The molecule has 0 fully saturated rings. The predicted molar refractivity (Wildman–Crippen MR) is 69.1 cm³/mol. The molecule has 98 valence electrons. The quantitative estimate of drug-likeness (QED) is 0.393. The second-order valence-electron chi connectivity index (χ2n) is 4.45. The van der Waals surface area contributed by atoms with Gasteiger partial charge >= 0.3 is 0 Å². The van der Waals surface area contributed by atoms with Gasteiger partial charge in [-0.3, -0.25) is 11.3 Å². The van der Waals surface area contributed by atoms with Crippen molar-refractivity contribution in [1.82, 2.24) is 20.4 Å². The number of aromatic nitrogens is 3. The van der Waals surface area contributed by atoms with Gasteiger partial charge in [-0.1, -0.05) is 44.7 Å². The maximum Gasteiger partial charge on any atom is 0.0770 e. The molecule has 0 saturated heterocycles. The van der Waals surface area contributed by atoms with Crippen LogP contribution in [0.25, 0.3) is 0 Å². The summed E-state index contributed by atoms with van der Waals surface area (Å²) in [7, 11) is 0. The Morgan fingerprint density at radius 1 is 1.29 bits per heavy atom. The fourth-order valence-corrected chi connectivity index (χ4v) is 2.01. The Hall–Kier alpha value is -0.940. The van der Waals surface area contributed by atoms with Crippen LogP contribution in [0, 0.1) is 0 Å². The van der Waals surface area contributed by atoms with Crippen LogP contribution in [0.2, 0.25) is 0 Å². The number of hydrogen-bond acceptors (Lipinski definition) is 4. The van der Waals surface area contributed by atoms with Crippen molar-refractivity contribution in [3.05, 3.63) is 11.9 Å². The number of rotatable bonds is 9. The molecule has 0 bridgehead atoms. The largest absolute Gasteiger partial charge is 0.271 e. The first kappa shape index (κ1) is 14.1. The molecule has 1 rings (SSSR count). The highest BCUT2D eigenvalue weighted by molar-refractivity contribution is 5.01. The van der Waals surface area contributed by atoms with E-state index in [1.54, 1.807) is 0 Å². The number of aryl methyl sites for hydroxylation is 1. The normalized spacial score (nSPS) is 12.9. The summed E-state index contributed by atoms with van der Waals surface area (Å²) >= 11 is 0. The highest BCUT2D eigenvalue weighted by Crippen LogP contribution is 2.18. The third-order valence-corrected chi connectivity index (χ3v) is 2.99. The van der Waals surface area contributed by atoms with E-state index < -0.39 is 0 Å². The van der Waals surface area contributed by atoms with E-state index in [-0.39, 0.29) is 6.04 Å². The van der Waals surface area contributed by atoms with Crippen molar-refractivity contribution in [2.45, 2.75) is 65.0 Å². The molecule has 1 heterocycles. The van der Waals surface area contributed by atoms with Crippen molar-refractivity contribution in [3.8, 4) is 0 Å². The molecule has 0 amide bonds. The Morgan fingerprint density at radius 2 is 2.12 bits per heavy atom. The molecular weight excluding hydrogens is 214 g/mol. The van der Waals surface area contributed by atoms with Crippen LogP contribution in [0.3, 0.4) is 0 Å². The Bertz CT molecular complexity index is 297. The first-order valence-corrected chi connectivity index (χ1v) is 6.68. The molecule has 5 nitrogen and oxygen atoms in total. The highest BCUT2D eigenvalue weighted by Gasteiger charge is 2.14. The zero-order chi connectivity index (χ0) is 12.5. The molecule has 17 heavy (non-hydrogen) atoms. The van der Waals surface area contributed by atoms with E-state index >= 15 is 0 Å². The van der Waals surface area contributed by atoms with Crippen molar-refractivity contribution in [3.63, 3.8) is 0 Å². The lowest BCUT2D eigenvalue weighted by Gasteiger charge is -2.16. The van der Waals surface area contributed by atoms with Crippen molar-refractivity contribution in [2.24, 2.45) is 5.84 Å². The minimum absolute atomic E-state index is 0.174. The summed E-state index contributed by atoms with van der Waals surface area (Å²) in [6.45, 7) is 5.26. The molecule has 1 unspecified atom stereocenters. The number of nitrogens with two attached hydrogens (primary N) is 1. The van der Waals surface area contributed by atoms with Crippen LogP contribution in [-0.2, 0) is 6.54 Å². The van der Waals surface area contributed by atoms with Gasteiger partial charge in [-0.05, 0) is 12.8 Å². The lowest BCUT2D eigenvalue weighted by Crippen LogP contribution is -2.30. The molecule has 0 aliphatic rings. The Labute approximate surface area is 104 Å². The summed E-state index contributed by atoms with van der Waals surface area (Å²) in [6, 6.07) is 0.174. The first-order chi connectivity index (χ1) is 8.33. The molecule has 5 heteroatoms. The number of nitrogens with zero attached hydrogens (tertiary/aromatic N) is 3. The molecule has 1 aromatic rings. The molecule has 1 aromatic heterocycles. The summed E-state index contributed by atoms with van der Waals surface area (Å²) in [5.74, 6) is 5.62. The molecule has 3 N–H and O–H groups in total. The average Bonchev–Trinajstić information content (AvgIpc) is 2.78. The fraction of sp³-hybridized carbons (Fsp3) is 0.833. The van der Waals surface area contributed by atoms with Crippen LogP contribution >= 0.6 is 0 Å². The molecule has 0 spiro atoms. The van der Waals surface area contributed by atoms with E-state index in [0.29, 0.717) is 0 Å². The van der Waals surface area contributed by atoms with Gasteiger partial charge in [-0.2, -0.15) is 0 Å². The van der Waals surface area contributed by atoms with Crippen LogP contribution in [0.15, 0.2) is 6.20 Å². The number of unbranched alkanes of at least 4 members (excludes halogenated alkanes) is 3. The summed E-state index contributed by atoms with van der Waals surface area (Å²) in [4.78, 5) is 0. The third kappa shape index (κ3) is 4.44. The van der Waals surface area contributed by atoms with Gasteiger partial charge in [0.05, 0.1) is 17.9 Å². The number of hydrazine groups is 1. The molecular formula is C12H25N5. The van der Waals surface area contributed by atoms with Gasteiger partial charge in [-0.25, -0.2) is 4.68 Å². The summed E-state index contributed by atoms with van der Waals surface area (Å²) in [6.07, 6.45) is 8.95. The minimum Gasteiger partial charge on any atom is -0.271 e. The highest BCUT2D eigenvalue weighted by atomic mass is 15.4. The van der Waals surface area contributed by atoms with Crippen LogP contribution in [0.5, 0.6) is 0 Å². The lowest BCUT2D eigenvalue weighted by atomic mass is 10.1. The fourth-order valence-electron chi connectivity index (χ4n) is 2.01. The van der Waals surface area contributed by atoms with Crippen LogP contribution in [0.4, 0.5) is 0 Å². The van der Waals surface area contributed by atoms with Crippen molar-refractivity contribution in [1.29, 1.82) is 0 Å². The maximum atomic E-state index is 5.62. The van der Waals surface area contributed by atoms with Crippen molar-refractivity contribution < 1.29 is 0 Å². The molecule has 0 aliphatic heterocycles. The average molecular weight is 239 g/mol. The molecule has 0 aromatic carbocycles. The monoisotopic (exact) mass is 239 g/mol. The van der Waals surface area contributed by atoms with Crippen molar-refractivity contribution >= 4 is 0 Å². The van der Waals surface area contributed by atoms with Crippen LogP contribution in [0.1, 0.15) is 64.1 Å². The van der Waals surface area contributed by atoms with E-state index in [1.165, 1.54) is 25.7 Å². The van der Waals surface area contributed by atoms with E-state index in [4.69, 9.17) is 5.84 Å². The summed E-state index contributed by atoms with van der Waals surface area (Å²) in [5.41, 5.74) is 3.98. The second kappa shape index (κ2) is 8.20. The van der Waals surface area contributed by atoms with Gasteiger partial charge in [0.2, 0.25) is 0 Å². The van der Waals surface area contributed by atoms with E-state index in [2.05, 4.69) is 29.6 Å². The zero-order valence-corrected chi connectivity index (χ0v) is 11.0. The van der Waals surface area contributed by atoms with Crippen molar-refractivity contribution in [2.75, 3.05) is 0 Å². The minimum atomic E-state index is 0.174. The van der Waals surface area contributed by atoms with E-state index in [0.717, 1.165) is 25.1 Å². The van der Waals surface area contributed by atoms with Gasteiger partial charge in [0.25, 0.3) is 0 Å². The lowest BCUT2D eigenvalue weighted by molar-refractivity contribution is 0.437. The van der Waals surface area contributed by atoms with E-state index in [9.17, 15) is 0 Å². The topological polar surface area (TPSA) is 68.8 Å². The first-order valence-electron chi connectivity index (χ1n) is 6.68. The zero-order valence-electron chi connectivity index (χ0n) is 11.0. The predicted octanol–water partition coefficient (Wildman–Crippen LogP) is 2.16. The van der Waals surface area contributed by atoms with Gasteiger partial charge < -0.3 is 0 Å². The number of hydrogen-bond donors (Lipinski definition) is 2. The van der Waals surface area contributed by atoms with Gasteiger partial charge in [0.15, 0.2) is 0 Å². The van der Waals surface area contributed by atoms with Gasteiger partial charge in [-0.15, -0.1) is 5.10 Å². The van der Waals surface area contributed by atoms with Gasteiger partial charge in [0.1, 0.15) is 0 Å². The maximum absolute atomic E-state index is 5.62. The third-order valence-electron chi connectivity index (χ3n) is 2.99. The summed E-state index contributed by atoms with van der Waals surface area (Å²) < 4.78 is 1.95. The number of nitrogens with one attached hydrogen (secondary N) is 1. The van der Waals surface area contributed by atoms with Crippen LogP contribution < -0.4 is 11.3 Å². The second-order valence-corrected chi connectivity index (χ2v) is 4.45. The van der Waals surface area contributed by atoms with E-state index in [1.807, 2.05) is 10.9 Å². The Balaban J connectivity index is 2.50. The SMILES string of the molecule is CCCCCCC(NN)c1cnnn1CCC. The summed E-state index contributed by atoms with van der Waals surface area (Å²) in [5, 5.41) is 8.06.